The molecule has 0 bridgehead atoms. The van der Waals surface area contributed by atoms with Crippen molar-refractivity contribution in [3.8, 4) is 0 Å². The Bertz CT molecular complexity index is 532. The molecule has 0 aliphatic heterocycles. The van der Waals surface area contributed by atoms with E-state index < -0.39 is 0 Å². The molecule has 19 heavy (non-hydrogen) atoms. The van der Waals surface area contributed by atoms with E-state index in [-0.39, 0.29) is 0 Å². The smallest absolute Gasteiger partial charge is 0.130 e. The molecule has 0 saturated carbocycles. The minimum atomic E-state index is 0.723. The Morgan fingerprint density at radius 1 is 1.11 bits per heavy atom. The molecule has 0 fully saturated rings. The zero-order valence-electron chi connectivity index (χ0n) is 11.6. The third-order valence-electron chi connectivity index (χ3n) is 3.17. The van der Waals surface area contributed by atoms with E-state index in [4.69, 9.17) is 5.73 Å². The summed E-state index contributed by atoms with van der Waals surface area (Å²) < 4.78 is 0. The lowest BCUT2D eigenvalue weighted by Gasteiger charge is -2.08. The van der Waals surface area contributed by atoms with Crippen LogP contribution >= 0.6 is 0 Å². The molecule has 0 amide bonds. The average Bonchev–Trinajstić information content (AvgIpc) is 2.42. The molecule has 2 aromatic rings. The normalized spacial score (nSPS) is 10.4. The Balaban J connectivity index is 2.04. The number of nitrogens with zero attached hydrogens (tertiary/aromatic N) is 1. The summed E-state index contributed by atoms with van der Waals surface area (Å²) in [6.45, 7) is 4.12. The van der Waals surface area contributed by atoms with E-state index in [1.807, 2.05) is 19.1 Å². The van der Waals surface area contributed by atoms with Crippen molar-refractivity contribution in [2.45, 2.75) is 33.1 Å². The van der Waals surface area contributed by atoms with Gasteiger partial charge in [-0.15, -0.1) is 0 Å². The van der Waals surface area contributed by atoms with E-state index in [1.165, 1.54) is 18.4 Å². The van der Waals surface area contributed by atoms with Crippen LogP contribution in [0.3, 0.4) is 0 Å². The highest BCUT2D eigenvalue weighted by molar-refractivity contribution is 5.59. The van der Waals surface area contributed by atoms with Crippen LogP contribution in [0.15, 0.2) is 36.4 Å². The number of rotatable bonds is 5. The van der Waals surface area contributed by atoms with Crippen LogP contribution in [-0.2, 0) is 6.42 Å². The van der Waals surface area contributed by atoms with Crippen molar-refractivity contribution in [3.63, 3.8) is 0 Å². The maximum absolute atomic E-state index is 5.76. The number of benzene rings is 1. The standard InChI is InChI=1S/C16H21N3/c1-3-4-5-13-6-8-14(9-7-13)19-16-11-10-15(17)12(2)18-16/h6-11H,3-5,17H2,1-2H3,(H,18,19). The van der Waals surface area contributed by atoms with Gasteiger partial charge < -0.3 is 11.1 Å². The minimum absolute atomic E-state index is 0.723. The van der Waals surface area contributed by atoms with Gasteiger partial charge in [0.2, 0.25) is 0 Å². The lowest BCUT2D eigenvalue weighted by atomic mass is 10.1. The highest BCUT2D eigenvalue weighted by atomic mass is 15.0. The van der Waals surface area contributed by atoms with Crippen LogP contribution < -0.4 is 11.1 Å². The molecule has 1 aromatic carbocycles. The average molecular weight is 255 g/mol. The molecule has 0 aliphatic rings. The number of aromatic nitrogens is 1. The molecular weight excluding hydrogens is 234 g/mol. The minimum Gasteiger partial charge on any atom is -0.397 e. The van der Waals surface area contributed by atoms with Crippen molar-refractivity contribution >= 4 is 17.2 Å². The highest BCUT2D eigenvalue weighted by Crippen LogP contribution is 2.18. The fourth-order valence-electron chi connectivity index (χ4n) is 1.92. The summed E-state index contributed by atoms with van der Waals surface area (Å²) in [6, 6.07) is 12.3. The van der Waals surface area contributed by atoms with Crippen molar-refractivity contribution in [2.75, 3.05) is 11.1 Å². The topological polar surface area (TPSA) is 50.9 Å². The van der Waals surface area contributed by atoms with Crippen molar-refractivity contribution < 1.29 is 0 Å². The number of hydrogen-bond acceptors (Lipinski definition) is 3. The van der Waals surface area contributed by atoms with E-state index >= 15 is 0 Å². The summed E-state index contributed by atoms with van der Waals surface area (Å²) >= 11 is 0. The number of pyridine rings is 1. The van der Waals surface area contributed by atoms with Gasteiger partial charge in [0.15, 0.2) is 0 Å². The van der Waals surface area contributed by atoms with Gasteiger partial charge in [-0.05, 0) is 49.6 Å². The quantitative estimate of drug-likeness (QED) is 0.847. The first-order valence-electron chi connectivity index (χ1n) is 6.78. The molecule has 2 rings (SSSR count). The Morgan fingerprint density at radius 2 is 1.84 bits per heavy atom. The Labute approximate surface area is 114 Å². The van der Waals surface area contributed by atoms with Gasteiger partial charge in [-0.25, -0.2) is 4.98 Å². The number of nitrogens with one attached hydrogen (secondary N) is 1. The first-order chi connectivity index (χ1) is 9.19. The van der Waals surface area contributed by atoms with Gasteiger partial charge >= 0.3 is 0 Å². The van der Waals surface area contributed by atoms with Crippen molar-refractivity contribution in [1.82, 2.24) is 4.98 Å². The van der Waals surface area contributed by atoms with Gasteiger partial charge in [0.25, 0.3) is 0 Å². The van der Waals surface area contributed by atoms with Crippen molar-refractivity contribution in [2.24, 2.45) is 0 Å². The lowest BCUT2D eigenvalue weighted by Crippen LogP contribution is -1.98. The molecule has 0 atom stereocenters. The fraction of sp³-hybridized carbons (Fsp3) is 0.312. The summed E-state index contributed by atoms with van der Waals surface area (Å²) in [6.07, 6.45) is 3.62. The molecular formula is C16H21N3. The number of nitrogens with two attached hydrogens (primary N) is 1. The van der Waals surface area contributed by atoms with E-state index in [9.17, 15) is 0 Å². The summed E-state index contributed by atoms with van der Waals surface area (Å²) in [4.78, 5) is 4.40. The number of anilines is 3. The predicted octanol–water partition coefficient (Wildman–Crippen LogP) is 4.06. The second-order valence-electron chi connectivity index (χ2n) is 4.80. The largest absolute Gasteiger partial charge is 0.397 e. The molecule has 3 N–H and O–H groups in total. The lowest BCUT2D eigenvalue weighted by molar-refractivity contribution is 0.795. The van der Waals surface area contributed by atoms with Gasteiger partial charge in [-0.3, -0.25) is 0 Å². The number of hydrogen-bond donors (Lipinski definition) is 2. The number of nitrogen functional groups attached to an aromatic ring is 1. The summed E-state index contributed by atoms with van der Waals surface area (Å²) in [5, 5.41) is 3.29. The van der Waals surface area contributed by atoms with Gasteiger partial charge in [0.05, 0.1) is 11.4 Å². The zero-order chi connectivity index (χ0) is 13.7. The van der Waals surface area contributed by atoms with Crippen LogP contribution in [0.25, 0.3) is 0 Å². The third kappa shape index (κ3) is 3.71. The first-order valence-corrected chi connectivity index (χ1v) is 6.78. The Hall–Kier alpha value is -2.03. The Kier molecular flexibility index (Phi) is 4.39. The first kappa shape index (κ1) is 13.4. The van der Waals surface area contributed by atoms with Crippen molar-refractivity contribution in [1.29, 1.82) is 0 Å². The summed E-state index contributed by atoms with van der Waals surface area (Å²) in [5.74, 6) is 0.827. The molecule has 1 heterocycles. The maximum atomic E-state index is 5.76. The molecule has 0 unspecified atom stereocenters. The molecule has 3 nitrogen and oxygen atoms in total. The van der Waals surface area contributed by atoms with Gasteiger partial charge in [0.1, 0.15) is 5.82 Å². The summed E-state index contributed by atoms with van der Waals surface area (Å²) in [7, 11) is 0. The molecule has 3 heteroatoms. The Morgan fingerprint density at radius 3 is 2.47 bits per heavy atom. The van der Waals surface area contributed by atoms with E-state index in [0.29, 0.717) is 0 Å². The van der Waals surface area contributed by atoms with Crippen molar-refractivity contribution in [3.05, 3.63) is 47.7 Å². The molecule has 0 aliphatic carbocycles. The zero-order valence-corrected chi connectivity index (χ0v) is 11.6. The third-order valence-corrected chi connectivity index (χ3v) is 3.17. The second kappa shape index (κ2) is 6.23. The van der Waals surface area contributed by atoms with Crippen LogP contribution in [0.1, 0.15) is 31.0 Å². The number of unbranched alkanes of at least 4 members (excludes halogenated alkanes) is 1. The molecule has 0 radical (unpaired) electrons. The maximum Gasteiger partial charge on any atom is 0.130 e. The molecule has 100 valence electrons. The van der Waals surface area contributed by atoms with Crippen LogP contribution in [-0.4, -0.2) is 4.98 Å². The second-order valence-corrected chi connectivity index (χ2v) is 4.80. The molecule has 0 spiro atoms. The van der Waals surface area contributed by atoms with Crippen LogP contribution in [0.5, 0.6) is 0 Å². The van der Waals surface area contributed by atoms with Crippen LogP contribution in [0, 0.1) is 6.92 Å². The molecule has 0 saturated heterocycles. The van der Waals surface area contributed by atoms with Crippen LogP contribution in [0.2, 0.25) is 0 Å². The predicted molar refractivity (Wildman–Crippen MR) is 81.7 cm³/mol. The van der Waals surface area contributed by atoms with Gasteiger partial charge in [-0.2, -0.15) is 0 Å². The van der Waals surface area contributed by atoms with Gasteiger partial charge in [0, 0.05) is 5.69 Å². The highest BCUT2D eigenvalue weighted by Gasteiger charge is 2.00. The molecule has 1 aromatic heterocycles. The SMILES string of the molecule is CCCCc1ccc(Nc2ccc(N)c(C)n2)cc1. The van der Waals surface area contributed by atoms with E-state index in [0.717, 1.165) is 29.3 Å². The number of aryl methyl sites for hydroxylation is 2. The van der Waals surface area contributed by atoms with Gasteiger partial charge in [-0.1, -0.05) is 25.5 Å². The monoisotopic (exact) mass is 255 g/mol. The van der Waals surface area contributed by atoms with Crippen LogP contribution in [0.4, 0.5) is 17.2 Å². The van der Waals surface area contributed by atoms with E-state index in [1.54, 1.807) is 0 Å². The van der Waals surface area contributed by atoms with E-state index in [2.05, 4.69) is 41.5 Å². The summed E-state index contributed by atoms with van der Waals surface area (Å²) in [5.41, 5.74) is 9.77. The fourth-order valence-corrected chi connectivity index (χ4v) is 1.92.